The molecule has 0 N–H and O–H groups in total. The van der Waals surface area contributed by atoms with Gasteiger partial charge in [0.25, 0.3) is 0 Å². The minimum atomic E-state index is 0.572. The molecule has 9 aromatic rings. The SMILES string of the molecule is C1=Cc2oc3cc(-c4nc(-c5ccccc5)nc(-c5ccc(-c6ccc7ccccc7c6)c6oc7ccccc7c56)n4)ccc3c2C=CC1. The summed E-state index contributed by atoms with van der Waals surface area (Å²) in [4.78, 5) is 15.3. The van der Waals surface area contributed by atoms with Crippen molar-refractivity contribution in [3.8, 4) is 45.3 Å². The van der Waals surface area contributed by atoms with Crippen LogP contribution in [-0.2, 0) is 0 Å². The van der Waals surface area contributed by atoms with Crippen LogP contribution in [0.2, 0.25) is 0 Å². The Balaban J connectivity index is 1.20. The maximum atomic E-state index is 6.64. The summed E-state index contributed by atoms with van der Waals surface area (Å²) in [7, 11) is 0. The summed E-state index contributed by atoms with van der Waals surface area (Å²) in [5.41, 5.74) is 8.26. The molecule has 230 valence electrons. The topological polar surface area (TPSA) is 65.0 Å². The lowest BCUT2D eigenvalue weighted by molar-refractivity contribution is 0.603. The molecule has 49 heavy (non-hydrogen) atoms. The van der Waals surface area contributed by atoms with Crippen LogP contribution in [-0.4, -0.2) is 15.0 Å². The van der Waals surface area contributed by atoms with Crippen LogP contribution in [0.4, 0.5) is 0 Å². The molecule has 1 aliphatic rings. The van der Waals surface area contributed by atoms with E-state index in [9.17, 15) is 0 Å². The van der Waals surface area contributed by atoms with Crippen molar-refractivity contribution in [1.82, 2.24) is 15.0 Å². The summed E-state index contributed by atoms with van der Waals surface area (Å²) in [5, 5.41) is 5.43. The molecule has 0 aliphatic heterocycles. The number of nitrogens with zero attached hydrogens (tertiary/aromatic N) is 3. The minimum Gasteiger partial charge on any atom is -0.456 e. The Morgan fingerprint density at radius 3 is 2.12 bits per heavy atom. The van der Waals surface area contributed by atoms with Crippen molar-refractivity contribution >= 4 is 55.8 Å². The molecule has 0 atom stereocenters. The Kier molecular flexibility index (Phi) is 6.18. The van der Waals surface area contributed by atoms with Gasteiger partial charge < -0.3 is 8.83 Å². The van der Waals surface area contributed by atoms with Gasteiger partial charge in [0, 0.05) is 44.0 Å². The molecule has 0 fully saturated rings. The van der Waals surface area contributed by atoms with E-state index in [0.717, 1.165) is 78.5 Å². The number of aromatic nitrogens is 3. The van der Waals surface area contributed by atoms with Crippen LogP contribution in [0.5, 0.6) is 0 Å². The molecule has 5 nitrogen and oxygen atoms in total. The van der Waals surface area contributed by atoms with Crippen LogP contribution in [0.3, 0.4) is 0 Å². The molecule has 3 aromatic heterocycles. The van der Waals surface area contributed by atoms with Gasteiger partial charge in [0.15, 0.2) is 17.5 Å². The maximum Gasteiger partial charge on any atom is 0.164 e. The predicted octanol–water partition coefficient (Wildman–Crippen LogP) is 11.8. The van der Waals surface area contributed by atoms with Crippen LogP contribution >= 0.6 is 0 Å². The van der Waals surface area contributed by atoms with Gasteiger partial charge in [-0.05, 0) is 65.2 Å². The number of furan rings is 2. The Morgan fingerprint density at radius 1 is 0.469 bits per heavy atom. The zero-order valence-electron chi connectivity index (χ0n) is 26.3. The first kappa shape index (κ1) is 27.5. The number of hydrogen-bond donors (Lipinski definition) is 0. The average molecular weight is 630 g/mol. The summed E-state index contributed by atoms with van der Waals surface area (Å²) in [5.74, 6) is 2.61. The molecule has 0 spiro atoms. The van der Waals surface area contributed by atoms with E-state index in [1.54, 1.807) is 0 Å². The van der Waals surface area contributed by atoms with E-state index < -0.39 is 0 Å². The van der Waals surface area contributed by atoms with E-state index in [0.29, 0.717) is 17.5 Å². The highest BCUT2D eigenvalue weighted by molar-refractivity contribution is 6.16. The third-order valence-electron chi connectivity index (χ3n) is 9.34. The number of hydrogen-bond acceptors (Lipinski definition) is 5. The van der Waals surface area contributed by atoms with Gasteiger partial charge >= 0.3 is 0 Å². The molecule has 0 unspecified atom stereocenters. The van der Waals surface area contributed by atoms with Gasteiger partial charge in [-0.2, -0.15) is 0 Å². The average Bonchev–Trinajstić information content (AvgIpc) is 3.63. The van der Waals surface area contributed by atoms with Crippen LogP contribution in [0, 0.1) is 0 Å². The highest BCUT2D eigenvalue weighted by Crippen LogP contribution is 2.42. The van der Waals surface area contributed by atoms with Crippen molar-refractivity contribution in [2.45, 2.75) is 6.42 Å². The molecule has 3 heterocycles. The normalized spacial score (nSPS) is 12.7. The van der Waals surface area contributed by atoms with E-state index in [1.165, 1.54) is 10.8 Å². The molecular formula is C44H27N3O2. The highest BCUT2D eigenvalue weighted by atomic mass is 16.3. The molecular weight excluding hydrogens is 603 g/mol. The zero-order chi connectivity index (χ0) is 32.3. The van der Waals surface area contributed by atoms with Crippen LogP contribution in [0.1, 0.15) is 17.7 Å². The van der Waals surface area contributed by atoms with Crippen molar-refractivity contribution in [3.05, 3.63) is 151 Å². The molecule has 6 aromatic carbocycles. The molecule has 5 heteroatoms. The lowest BCUT2D eigenvalue weighted by atomic mass is 9.96. The second-order valence-electron chi connectivity index (χ2n) is 12.3. The highest BCUT2D eigenvalue weighted by Gasteiger charge is 2.21. The predicted molar refractivity (Wildman–Crippen MR) is 199 cm³/mol. The van der Waals surface area contributed by atoms with Crippen molar-refractivity contribution in [3.63, 3.8) is 0 Å². The van der Waals surface area contributed by atoms with Crippen LogP contribution < -0.4 is 0 Å². The van der Waals surface area contributed by atoms with E-state index in [2.05, 4.69) is 91.0 Å². The number of para-hydroxylation sites is 1. The first-order chi connectivity index (χ1) is 24.3. The third kappa shape index (κ3) is 4.59. The molecule has 0 bridgehead atoms. The van der Waals surface area contributed by atoms with Crippen LogP contribution in [0.15, 0.2) is 148 Å². The first-order valence-corrected chi connectivity index (χ1v) is 16.4. The Hall–Kier alpha value is -6.59. The number of rotatable bonds is 4. The number of allylic oxidation sites excluding steroid dienone is 2. The summed E-state index contributed by atoms with van der Waals surface area (Å²) >= 11 is 0. The molecule has 0 amide bonds. The summed E-state index contributed by atoms with van der Waals surface area (Å²) < 4.78 is 13.0. The first-order valence-electron chi connectivity index (χ1n) is 16.4. The van der Waals surface area contributed by atoms with Gasteiger partial charge in [0.1, 0.15) is 22.5 Å². The molecule has 0 saturated heterocycles. The third-order valence-corrected chi connectivity index (χ3v) is 9.34. The van der Waals surface area contributed by atoms with Gasteiger partial charge in [-0.25, -0.2) is 15.0 Å². The lowest BCUT2D eigenvalue weighted by Crippen LogP contribution is -2.00. The van der Waals surface area contributed by atoms with Crippen molar-refractivity contribution in [2.24, 2.45) is 0 Å². The fraction of sp³-hybridized carbons (Fsp3) is 0.0227. The maximum absolute atomic E-state index is 6.64. The van der Waals surface area contributed by atoms with Gasteiger partial charge in [-0.3, -0.25) is 0 Å². The molecule has 10 rings (SSSR count). The molecule has 0 radical (unpaired) electrons. The second-order valence-corrected chi connectivity index (χ2v) is 12.3. The fourth-order valence-corrected chi connectivity index (χ4v) is 6.95. The minimum absolute atomic E-state index is 0.572. The smallest absolute Gasteiger partial charge is 0.164 e. The zero-order valence-corrected chi connectivity index (χ0v) is 26.3. The summed E-state index contributed by atoms with van der Waals surface area (Å²) in [6.45, 7) is 0. The van der Waals surface area contributed by atoms with Crippen molar-refractivity contribution < 1.29 is 8.83 Å². The lowest BCUT2D eigenvalue weighted by Gasteiger charge is -2.11. The van der Waals surface area contributed by atoms with E-state index in [1.807, 2.05) is 60.7 Å². The number of fused-ring (bicyclic) bond motifs is 7. The quantitative estimate of drug-likeness (QED) is 0.194. The standard InChI is InChI=1S/C44H27N3O2/c1-3-12-28(13-4-1)42-45-43(31-21-22-34-33-15-5-2-6-17-37(33)48-39(34)26-31)47-44(46-42)36-24-23-32(30-20-19-27-11-7-8-14-29(27)25-30)41-40(36)35-16-9-10-18-38(35)49-41/h1,3-26H,2H2. The van der Waals surface area contributed by atoms with Gasteiger partial charge in [-0.15, -0.1) is 0 Å². The Labute approximate surface area is 281 Å². The van der Waals surface area contributed by atoms with Crippen LogP contribution in [0.25, 0.3) is 101 Å². The fourth-order valence-electron chi connectivity index (χ4n) is 6.95. The largest absolute Gasteiger partial charge is 0.456 e. The Bertz CT molecular complexity index is 2800. The second kappa shape index (κ2) is 11.0. The molecule has 0 saturated carbocycles. The number of benzene rings is 6. The van der Waals surface area contributed by atoms with Gasteiger partial charge in [0.2, 0.25) is 0 Å². The Morgan fingerprint density at radius 2 is 1.20 bits per heavy atom. The molecule has 1 aliphatic carbocycles. The van der Waals surface area contributed by atoms with E-state index in [-0.39, 0.29) is 0 Å². The van der Waals surface area contributed by atoms with Gasteiger partial charge in [-0.1, -0.05) is 109 Å². The summed E-state index contributed by atoms with van der Waals surface area (Å²) in [6, 6.07) is 43.6. The summed E-state index contributed by atoms with van der Waals surface area (Å²) in [6.07, 6.45) is 9.34. The monoisotopic (exact) mass is 629 g/mol. The van der Waals surface area contributed by atoms with Gasteiger partial charge in [0.05, 0.1) is 0 Å². The van der Waals surface area contributed by atoms with E-state index in [4.69, 9.17) is 23.8 Å². The van der Waals surface area contributed by atoms with Crippen molar-refractivity contribution in [1.29, 1.82) is 0 Å². The van der Waals surface area contributed by atoms with E-state index >= 15 is 0 Å². The van der Waals surface area contributed by atoms with Crippen molar-refractivity contribution in [2.75, 3.05) is 0 Å².